The Hall–Kier alpha value is -2.27. The van der Waals surface area contributed by atoms with E-state index in [1.807, 2.05) is 24.3 Å². The highest BCUT2D eigenvalue weighted by Gasteiger charge is 2.23. The molecule has 2 aromatic rings. The molecule has 1 aromatic heterocycles. The van der Waals surface area contributed by atoms with Crippen LogP contribution in [-0.4, -0.2) is 24.0 Å². The molecule has 0 saturated carbocycles. The number of nitrogens with one attached hydrogen (secondary N) is 1. The molecule has 0 aliphatic carbocycles. The zero-order valence-electron chi connectivity index (χ0n) is 10.8. The van der Waals surface area contributed by atoms with Gasteiger partial charge in [0, 0.05) is 31.5 Å². The second-order valence-electron chi connectivity index (χ2n) is 4.62. The number of amides is 1. The van der Waals surface area contributed by atoms with Gasteiger partial charge in [-0.05, 0) is 17.7 Å². The monoisotopic (exact) mass is 271 g/mol. The van der Waals surface area contributed by atoms with Crippen LogP contribution in [0.25, 0.3) is 0 Å². The highest BCUT2D eigenvalue weighted by Crippen LogP contribution is 2.24. The number of anilines is 1. The normalized spacial score (nSPS) is 14.6. The molecular formula is C15H14FN3O. The summed E-state index contributed by atoms with van der Waals surface area (Å²) >= 11 is 0. The Kier molecular flexibility index (Phi) is 3.43. The first kappa shape index (κ1) is 12.7. The summed E-state index contributed by atoms with van der Waals surface area (Å²) in [6, 6.07) is 9.09. The van der Waals surface area contributed by atoms with Crippen molar-refractivity contribution in [1.29, 1.82) is 0 Å². The van der Waals surface area contributed by atoms with Crippen LogP contribution in [-0.2, 0) is 6.54 Å². The Balaban J connectivity index is 2.02. The average Bonchev–Trinajstić information content (AvgIpc) is 2.69. The van der Waals surface area contributed by atoms with E-state index in [1.165, 1.54) is 12.3 Å². The van der Waals surface area contributed by atoms with Crippen molar-refractivity contribution in [3.63, 3.8) is 0 Å². The fourth-order valence-corrected chi connectivity index (χ4v) is 2.36. The van der Waals surface area contributed by atoms with E-state index in [-0.39, 0.29) is 11.5 Å². The van der Waals surface area contributed by atoms with Crippen LogP contribution in [0.5, 0.6) is 0 Å². The van der Waals surface area contributed by atoms with Crippen LogP contribution in [0, 0.1) is 5.82 Å². The number of hydrogen-bond donors (Lipinski definition) is 1. The van der Waals surface area contributed by atoms with Crippen LogP contribution >= 0.6 is 0 Å². The molecule has 0 spiro atoms. The lowest BCUT2D eigenvalue weighted by atomic mass is 10.1. The smallest absolute Gasteiger partial charge is 0.261 e. The molecule has 0 saturated heterocycles. The van der Waals surface area contributed by atoms with Gasteiger partial charge in [-0.15, -0.1) is 0 Å². The molecule has 1 aliphatic heterocycles. The summed E-state index contributed by atoms with van der Waals surface area (Å²) in [5.74, 6) is -0.923. The second-order valence-corrected chi connectivity index (χ2v) is 4.62. The third-order valence-electron chi connectivity index (χ3n) is 3.36. The molecule has 1 aliphatic rings. The third-order valence-corrected chi connectivity index (χ3v) is 3.36. The molecule has 2 heterocycles. The van der Waals surface area contributed by atoms with Crippen LogP contribution in [0.4, 0.5) is 10.1 Å². The Morgan fingerprint density at radius 2 is 2.15 bits per heavy atom. The topological polar surface area (TPSA) is 45.2 Å². The molecule has 5 heteroatoms. The number of nitrogens with zero attached hydrogens (tertiary/aromatic N) is 2. The van der Waals surface area contributed by atoms with Gasteiger partial charge in [-0.2, -0.15) is 0 Å². The highest BCUT2D eigenvalue weighted by atomic mass is 19.1. The van der Waals surface area contributed by atoms with Gasteiger partial charge in [0.05, 0.1) is 11.8 Å². The van der Waals surface area contributed by atoms with Gasteiger partial charge in [-0.3, -0.25) is 9.78 Å². The first-order valence-corrected chi connectivity index (χ1v) is 6.47. The molecule has 20 heavy (non-hydrogen) atoms. The molecule has 0 radical (unpaired) electrons. The van der Waals surface area contributed by atoms with E-state index in [1.54, 1.807) is 4.90 Å². The van der Waals surface area contributed by atoms with E-state index in [9.17, 15) is 9.18 Å². The van der Waals surface area contributed by atoms with Gasteiger partial charge < -0.3 is 10.2 Å². The van der Waals surface area contributed by atoms with Crippen molar-refractivity contribution in [1.82, 2.24) is 10.3 Å². The number of aromatic nitrogens is 1. The molecule has 0 bridgehead atoms. The van der Waals surface area contributed by atoms with Gasteiger partial charge >= 0.3 is 0 Å². The predicted octanol–water partition coefficient (Wildman–Crippen LogP) is 1.97. The van der Waals surface area contributed by atoms with Crippen molar-refractivity contribution in [3.8, 4) is 0 Å². The van der Waals surface area contributed by atoms with Crippen molar-refractivity contribution >= 4 is 11.6 Å². The maximum atomic E-state index is 13.7. The summed E-state index contributed by atoms with van der Waals surface area (Å²) in [7, 11) is 0. The first-order valence-electron chi connectivity index (χ1n) is 6.47. The zero-order valence-corrected chi connectivity index (χ0v) is 10.8. The Morgan fingerprint density at radius 3 is 3.00 bits per heavy atom. The number of rotatable bonds is 1. The van der Waals surface area contributed by atoms with Crippen molar-refractivity contribution in [2.45, 2.75) is 6.54 Å². The molecule has 1 amide bonds. The van der Waals surface area contributed by atoms with E-state index in [0.29, 0.717) is 19.6 Å². The lowest BCUT2D eigenvalue weighted by Crippen LogP contribution is -2.35. The standard InChI is InChI=1S/C15H14FN3O/c16-13-10-17-6-5-12(13)15(20)19-8-7-18-9-11-3-1-2-4-14(11)19/h1-6,10,18H,7-9H2. The maximum absolute atomic E-state index is 13.7. The summed E-state index contributed by atoms with van der Waals surface area (Å²) in [4.78, 5) is 17.9. The number of carbonyl (C=O) groups is 1. The van der Waals surface area contributed by atoms with Crippen LogP contribution in [0.2, 0.25) is 0 Å². The lowest BCUT2D eigenvalue weighted by molar-refractivity contribution is 0.0983. The number of hydrogen-bond acceptors (Lipinski definition) is 3. The highest BCUT2D eigenvalue weighted by molar-refractivity contribution is 6.06. The van der Waals surface area contributed by atoms with Gasteiger partial charge in [0.15, 0.2) is 5.82 Å². The molecule has 0 unspecified atom stereocenters. The van der Waals surface area contributed by atoms with Crippen molar-refractivity contribution < 1.29 is 9.18 Å². The predicted molar refractivity (Wildman–Crippen MR) is 74.0 cm³/mol. The summed E-state index contributed by atoms with van der Waals surface area (Å²) in [5, 5.41) is 3.25. The summed E-state index contributed by atoms with van der Waals surface area (Å²) in [5.41, 5.74) is 1.92. The molecule has 1 N–H and O–H groups in total. The Morgan fingerprint density at radius 1 is 1.30 bits per heavy atom. The summed E-state index contributed by atoms with van der Waals surface area (Å²) in [6.07, 6.45) is 2.49. The fraction of sp³-hybridized carbons (Fsp3) is 0.200. The van der Waals surface area contributed by atoms with E-state index >= 15 is 0 Å². The van der Waals surface area contributed by atoms with Gasteiger partial charge in [-0.1, -0.05) is 18.2 Å². The first-order chi connectivity index (χ1) is 9.77. The van der Waals surface area contributed by atoms with Crippen LogP contribution in [0.1, 0.15) is 15.9 Å². The van der Waals surface area contributed by atoms with Crippen LogP contribution < -0.4 is 10.2 Å². The minimum Gasteiger partial charge on any atom is -0.311 e. The largest absolute Gasteiger partial charge is 0.311 e. The van der Waals surface area contributed by atoms with Gasteiger partial charge in [0.1, 0.15) is 0 Å². The number of para-hydroxylation sites is 1. The molecule has 102 valence electrons. The quantitative estimate of drug-likeness (QED) is 0.862. The minimum atomic E-state index is -0.591. The fourth-order valence-electron chi connectivity index (χ4n) is 2.36. The summed E-state index contributed by atoms with van der Waals surface area (Å²) < 4.78 is 13.7. The number of benzene rings is 1. The second kappa shape index (κ2) is 5.38. The number of carbonyl (C=O) groups excluding carboxylic acids is 1. The van der Waals surface area contributed by atoms with Gasteiger partial charge in [0.25, 0.3) is 5.91 Å². The van der Waals surface area contributed by atoms with Crippen molar-refractivity contribution in [2.75, 3.05) is 18.0 Å². The molecule has 0 atom stereocenters. The lowest BCUT2D eigenvalue weighted by Gasteiger charge is -2.22. The third kappa shape index (κ3) is 2.28. The molecule has 3 rings (SSSR count). The van der Waals surface area contributed by atoms with Gasteiger partial charge in [0.2, 0.25) is 0 Å². The van der Waals surface area contributed by atoms with E-state index in [0.717, 1.165) is 17.4 Å². The van der Waals surface area contributed by atoms with Gasteiger partial charge in [-0.25, -0.2) is 4.39 Å². The summed E-state index contributed by atoms with van der Waals surface area (Å²) in [6.45, 7) is 1.89. The molecule has 0 fully saturated rings. The average molecular weight is 271 g/mol. The van der Waals surface area contributed by atoms with Crippen molar-refractivity contribution in [2.24, 2.45) is 0 Å². The van der Waals surface area contributed by atoms with Crippen LogP contribution in [0.3, 0.4) is 0 Å². The minimum absolute atomic E-state index is 0.0525. The number of pyridine rings is 1. The SMILES string of the molecule is O=C(c1ccncc1F)N1CCNCc2ccccc21. The van der Waals surface area contributed by atoms with E-state index < -0.39 is 5.82 Å². The Labute approximate surface area is 116 Å². The zero-order chi connectivity index (χ0) is 13.9. The molecule has 1 aromatic carbocycles. The van der Waals surface area contributed by atoms with E-state index in [4.69, 9.17) is 0 Å². The Bertz CT molecular complexity index is 645. The number of halogens is 1. The maximum Gasteiger partial charge on any atom is 0.261 e. The molecular weight excluding hydrogens is 257 g/mol. The molecule has 4 nitrogen and oxygen atoms in total. The number of fused-ring (bicyclic) bond motifs is 1. The van der Waals surface area contributed by atoms with Crippen molar-refractivity contribution in [3.05, 3.63) is 59.7 Å². The van der Waals surface area contributed by atoms with E-state index in [2.05, 4.69) is 10.3 Å². The van der Waals surface area contributed by atoms with Crippen LogP contribution in [0.15, 0.2) is 42.7 Å².